The number of rotatable bonds is 3. The average Bonchev–Trinajstić information content (AvgIpc) is 3.13. The fraction of sp³-hybridized carbons (Fsp3) is 0.600. The minimum Gasteiger partial charge on any atom is -0.340 e. The van der Waals surface area contributed by atoms with Crippen LogP contribution in [0.4, 0.5) is 4.39 Å². The van der Waals surface area contributed by atoms with Gasteiger partial charge < -0.3 is 9.80 Å². The predicted octanol–water partition coefficient (Wildman–Crippen LogP) is 3.08. The van der Waals surface area contributed by atoms with E-state index in [-0.39, 0.29) is 23.7 Å². The molecule has 134 valence electrons. The average molecular weight is 344 g/mol. The van der Waals surface area contributed by atoms with Gasteiger partial charge in [-0.3, -0.25) is 9.59 Å². The number of benzene rings is 1. The Morgan fingerprint density at radius 3 is 2.56 bits per heavy atom. The summed E-state index contributed by atoms with van der Waals surface area (Å²) in [4.78, 5) is 29.6. The number of piperidine rings is 2. The first-order valence-electron chi connectivity index (χ1n) is 9.47. The number of amides is 2. The molecule has 0 radical (unpaired) electrons. The normalized spacial score (nSPS) is 27.0. The summed E-state index contributed by atoms with van der Waals surface area (Å²) in [5.74, 6) is 0.731. The molecule has 0 unspecified atom stereocenters. The molecule has 5 heteroatoms. The standard InChI is InChI=1S/C20H25FN2O2/c21-17-7-5-16(6-8-17)19(24)23-10-9-15-11-18(23)20(25)22(13-15)12-14-3-1-2-4-14/h5-8,14-15,18H,1-4,9-13H2/t15-,18+/m0/s1. The van der Waals surface area contributed by atoms with Gasteiger partial charge in [-0.15, -0.1) is 0 Å². The Labute approximate surface area is 148 Å². The Balaban J connectivity index is 1.50. The second-order valence-electron chi connectivity index (χ2n) is 7.81. The lowest BCUT2D eigenvalue weighted by Gasteiger charge is -2.47. The molecule has 0 aromatic heterocycles. The summed E-state index contributed by atoms with van der Waals surface area (Å²) in [6, 6.07) is 5.27. The summed E-state index contributed by atoms with van der Waals surface area (Å²) in [5.41, 5.74) is 0.459. The molecule has 1 aliphatic carbocycles. The number of fused-ring (bicyclic) bond motifs is 2. The van der Waals surface area contributed by atoms with Crippen LogP contribution in [0.5, 0.6) is 0 Å². The first-order valence-corrected chi connectivity index (χ1v) is 9.47. The van der Waals surface area contributed by atoms with Crippen LogP contribution in [-0.4, -0.2) is 47.3 Å². The van der Waals surface area contributed by atoms with Crippen molar-refractivity contribution in [3.63, 3.8) is 0 Å². The smallest absolute Gasteiger partial charge is 0.254 e. The minimum atomic E-state index is -0.355. The topological polar surface area (TPSA) is 40.6 Å². The van der Waals surface area contributed by atoms with Crippen LogP contribution < -0.4 is 0 Å². The second-order valence-corrected chi connectivity index (χ2v) is 7.81. The van der Waals surface area contributed by atoms with Crippen LogP contribution in [0.3, 0.4) is 0 Å². The summed E-state index contributed by atoms with van der Waals surface area (Å²) in [6.07, 6.45) is 6.70. The molecule has 2 amide bonds. The molecular formula is C20H25FN2O2. The van der Waals surface area contributed by atoms with E-state index in [9.17, 15) is 14.0 Å². The van der Waals surface area contributed by atoms with E-state index < -0.39 is 0 Å². The number of hydrogen-bond acceptors (Lipinski definition) is 2. The zero-order chi connectivity index (χ0) is 17.4. The predicted molar refractivity (Wildman–Crippen MR) is 92.5 cm³/mol. The maximum absolute atomic E-state index is 13.1. The summed E-state index contributed by atoms with van der Waals surface area (Å²) in [6.45, 7) is 2.32. The van der Waals surface area contributed by atoms with Crippen LogP contribution in [0, 0.1) is 17.7 Å². The van der Waals surface area contributed by atoms with E-state index in [4.69, 9.17) is 0 Å². The highest BCUT2D eigenvalue weighted by molar-refractivity contribution is 5.98. The molecule has 4 nitrogen and oxygen atoms in total. The van der Waals surface area contributed by atoms with Crippen molar-refractivity contribution in [3.05, 3.63) is 35.6 Å². The first kappa shape index (κ1) is 16.6. The minimum absolute atomic E-state index is 0.110. The van der Waals surface area contributed by atoms with Crippen molar-refractivity contribution >= 4 is 11.8 Å². The molecule has 4 rings (SSSR count). The van der Waals surface area contributed by atoms with Gasteiger partial charge in [-0.05, 0) is 61.8 Å². The maximum atomic E-state index is 13.1. The van der Waals surface area contributed by atoms with Gasteiger partial charge in [-0.1, -0.05) is 12.8 Å². The monoisotopic (exact) mass is 344 g/mol. The van der Waals surface area contributed by atoms with E-state index in [1.807, 2.05) is 4.90 Å². The molecule has 1 aromatic carbocycles. The van der Waals surface area contributed by atoms with Crippen molar-refractivity contribution in [2.75, 3.05) is 19.6 Å². The lowest BCUT2D eigenvalue weighted by Crippen LogP contribution is -2.60. The third kappa shape index (κ3) is 3.29. The fourth-order valence-electron chi connectivity index (χ4n) is 4.72. The SMILES string of the molecule is O=C1[C@H]2C[C@H](CCN2C(=O)c2ccc(F)cc2)CN1CC1CCCC1. The number of likely N-dealkylation sites (tertiary alicyclic amines) is 2. The molecule has 2 saturated heterocycles. The molecule has 1 saturated carbocycles. The van der Waals surface area contributed by atoms with E-state index in [1.54, 1.807) is 4.90 Å². The number of hydrogen-bond donors (Lipinski definition) is 0. The highest BCUT2D eigenvalue weighted by atomic mass is 19.1. The number of halogens is 1. The molecule has 25 heavy (non-hydrogen) atoms. The van der Waals surface area contributed by atoms with Gasteiger partial charge in [0.25, 0.3) is 5.91 Å². The molecule has 2 atom stereocenters. The summed E-state index contributed by atoms with van der Waals surface area (Å²) < 4.78 is 13.1. The van der Waals surface area contributed by atoms with Crippen LogP contribution >= 0.6 is 0 Å². The Morgan fingerprint density at radius 1 is 1.12 bits per heavy atom. The van der Waals surface area contributed by atoms with Gasteiger partial charge >= 0.3 is 0 Å². The highest BCUT2D eigenvalue weighted by Gasteiger charge is 2.43. The third-order valence-electron chi connectivity index (χ3n) is 6.09. The molecule has 3 fully saturated rings. The Bertz CT molecular complexity index is 654. The molecule has 3 aliphatic rings. The number of carbonyl (C=O) groups excluding carboxylic acids is 2. The van der Waals surface area contributed by atoms with Crippen molar-refractivity contribution in [2.45, 2.75) is 44.6 Å². The van der Waals surface area contributed by atoms with Crippen molar-refractivity contribution in [3.8, 4) is 0 Å². The second kappa shape index (κ2) is 6.77. The molecule has 1 aromatic rings. The Hall–Kier alpha value is -1.91. The van der Waals surface area contributed by atoms with Gasteiger partial charge in [0.15, 0.2) is 0 Å². The van der Waals surface area contributed by atoms with Crippen molar-refractivity contribution in [2.24, 2.45) is 11.8 Å². The fourth-order valence-corrected chi connectivity index (χ4v) is 4.72. The lowest BCUT2D eigenvalue weighted by molar-refractivity contribution is -0.144. The molecule has 2 bridgehead atoms. The van der Waals surface area contributed by atoms with Crippen LogP contribution in [0.15, 0.2) is 24.3 Å². The molecular weight excluding hydrogens is 319 g/mol. The molecule has 0 spiro atoms. The van der Waals surface area contributed by atoms with Crippen LogP contribution in [0.1, 0.15) is 48.9 Å². The van der Waals surface area contributed by atoms with Gasteiger partial charge in [-0.2, -0.15) is 0 Å². The summed E-state index contributed by atoms with van der Waals surface area (Å²) in [5, 5.41) is 0. The lowest BCUT2D eigenvalue weighted by atomic mass is 9.85. The van der Waals surface area contributed by atoms with E-state index in [1.165, 1.54) is 49.9 Å². The van der Waals surface area contributed by atoms with Gasteiger partial charge in [0.1, 0.15) is 11.9 Å². The number of nitrogens with zero attached hydrogens (tertiary/aromatic N) is 2. The van der Waals surface area contributed by atoms with E-state index in [0.29, 0.717) is 23.9 Å². The Kier molecular flexibility index (Phi) is 4.48. The molecule has 2 aliphatic heterocycles. The zero-order valence-electron chi connectivity index (χ0n) is 14.5. The third-order valence-corrected chi connectivity index (χ3v) is 6.09. The number of carbonyl (C=O) groups is 2. The summed E-state index contributed by atoms with van der Waals surface area (Å²) >= 11 is 0. The Morgan fingerprint density at radius 2 is 1.84 bits per heavy atom. The van der Waals surface area contributed by atoms with Gasteiger partial charge in [-0.25, -0.2) is 4.39 Å². The molecule has 0 N–H and O–H groups in total. The zero-order valence-corrected chi connectivity index (χ0v) is 14.5. The van der Waals surface area contributed by atoms with E-state index in [2.05, 4.69) is 0 Å². The maximum Gasteiger partial charge on any atom is 0.254 e. The van der Waals surface area contributed by atoms with E-state index >= 15 is 0 Å². The quantitative estimate of drug-likeness (QED) is 0.845. The van der Waals surface area contributed by atoms with Crippen LogP contribution in [0.25, 0.3) is 0 Å². The van der Waals surface area contributed by atoms with Crippen molar-refractivity contribution in [1.82, 2.24) is 9.80 Å². The van der Waals surface area contributed by atoms with Gasteiger partial charge in [0.2, 0.25) is 5.91 Å². The van der Waals surface area contributed by atoms with Crippen molar-refractivity contribution in [1.29, 1.82) is 0 Å². The molecule has 2 heterocycles. The van der Waals surface area contributed by atoms with Crippen LogP contribution in [-0.2, 0) is 4.79 Å². The first-order chi connectivity index (χ1) is 12.1. The highest BCUT2D eigenvalue weighted by Crippen LogP contribution is 2.33. The van der Waals surface area contributed by atoms with Crippen LogP contribution in [0.2, 0.25) is 0 Å². The largest absolute Gasteiger partial charge is 0.340 e. The van der Waals surface area contributed by atoms with E-state index in [0.717, 1.165) is 25.9 Å². The van der Waals surface area contributed by atoms with Crippen molar-refractivity contribution < 1.29 is 14.0 Å². The van der Waals surface area contributed by atoms with Gasteiger partial charge in [0.05, 0.1) is 0 Å². The summed E-state index contributed by atoms with van der Waals surface area (Å²) in [7, 11) is 0. The van der Waals surface area contributed by atoms with Gasteiger partial charge in [0, 0.05) is 25.2 Å².